The topological polar surface area (TPSA) is 0 Å². The monoisotopic (exact) mass is 626 g/mol. The van der Waals surface area contributed by atoms with Crippen LogP contribution < -0.4 is 0 Å². The Kier molecular flexibility index (Phi) is 8.44. The summed E-state index contributed by atoms with van der Waals surface area (Å²) in [5.74, 6) is 2.80. The van der Waals surface area contributed by atoms with Gasteiger partial charge in [0.1, 0.15) is 0 Å². The zero-order valence-electron chi connectivity index (χ0n) is 27.0. The van der Waals surface area contributed by atoms with Gasteiger partial charge >= 0.3 is 0 Å². The van der Waals surface area contributed by atoms with Gasteiger partial charge in [-0.1, -0.05) is 166 Å². The van der Waals surface area contributed by atoms with Crippen molar-refractivity contribution in [2.75, 3.05) is 0 Å². The average Bonchev–Trinajstić information content (AvgIpc) is 3.14. The Morgan fingerprint density at radius 3 is 2.12 bits per heavy atom. The second-order valence-electron chi connectivity index (χ2n) is 12.4. The highest BCUT2D eigenvalue weighted by molar-refractivity contribution is 6.26. The van der Waals surface area contributed by atoms with Crippen LogP contribution in [0.3, 0.4) is 0 Å². The zero-order chi connectivity index (χ0) is 32.6. The van der Waals surface area contributed by atoms with E-state index in [4.69, 9.17) is 6.42 Å². The van der Waals surface area contributed by atoms with Crippen molar-refractivity contribution in [3.8, 4) is 34.6 Å². The summed E-state index contributed by atoms with van der Waals surface area (Å²) in [4.78, 5) is 0. The quantitative estimate of drug-likeness (QED) is 0.0938. The molecular weight excluding hydrogens is 589 g/mol. The van der Waals surface area contributed by atoms with Gasteiger partial charge in [-0.05, 0) is 113 Å². The molecule has 0 aliphatic rings. The first-order chi connectivity index (χ1) is 23.6. The lowest BCUT2D eigenvalue weighted by molar-refractivity contribution is 1.31. The molecule has 8 aromatic rings. The van der Waals surface area contributed by atoms with Gasteiger partial charge in [0.15, 0.2) is 0 Å². The molecule has 0 nitrogen and oxygen atoms in total. The smallest absolute Gasteiger partial charge is 0.0315 e. The van der Waals surface area contributed by atoms with Crippen molar-refractivity contribution < 1.29 is 0 Å². The molecule has 0 heteroatoms. The molecule has 0 N–H and O–H groups in total. The van der Waals surface area contributed by atoms with Crippen molar-refractivity contribution in [1.29, 1.82) is 0 Å². The maximum Gasteiger partial charge on any atom is 0.0315 e. The zero-order valence-corrected chi connectivity index (χ0v) is 27.0. The van der Waals surface area contributed by atoms with E-state index < -0.39 is 0 Å². The lowest BCUT2D eigenvalue weighted by atomic mass is 9.87. The van der Waals surface area contributed by atoms with Gasteiger partial charge in [-0.15, -0.1) is 6.42 Å². The Balaban J connectivity index is 0.00000378. The Bertz CT molecular complexity index is 2600. The van der Waals surface area contributed by atoms with Crippen LogP contribution in [0.2, 0.25) is 0 Å². The maximum absolute atomic E-state index is 5.74. The van der Waals surface area contributed by atoms with Crippen molar-refractivity contribution in [3.63, 3.8) is 0 Å². The first-order valence-corrected chi connectivity index (χ1v) is 16.5. The van der Waals surface area contributed by atoms with Gasteiger partial charge < -0.3 is 0 Å². The molecule has 0 saturated carbocycles. The van der Waals surface area contributed by atoms with Crippen LogP contribution in [-0.4, -0.2) is 0 Å². The highest BCUT2D eigenvalue weighted by atomic mass is 14.2. The summed E-state index contributed by atoms with van der Waals surface area (Å²) in [6.07, 6.45) is 15.1. The van der Waals surface area contributed by atoms with Crippen molar-refractivity contribution >= 4 is 54.7 Å². The van der Waals surface area contributed by atoms with E-state index in [-0.39, 0.29) is 7.43 Å². The lowest BCUT2D eigenvalue weighted by Crippen LogP contribution is -1.91. The normalized spacial score (nSPS) is 11.6. The maximum atomic E-state index is 5.74. The minimum Gasteiger partial charge on any atom is -0.115 e. The van der Waals surface area contributed by atoms with Crippen LogP contribution in [0.1, 0.15) is 36.6 Å². The molecular formula is C49H38. The summed E-state index contributed by atoms with van der Waals surface area (Å²) >= 11 is 0. The SMILES string of the molecule is C.C#Cc1ccc(-c2ccc(-c3ccc4ccc5c(C/C=C\C(=C)c6cccc7ccccc67)ccc6ccc3c4c65)cc2)cc1/C=C\C. The Hall–Kier alpha value is -6.16. The number of benzene rings is 8. The third kappa shape index (κ3) is 5.61. The van der Waals surface area contributed by atoms with Crippen LogP contribution >= 0.6 is 0 Å². The highest BCUT2D eigenvalue weighted by Crippen LogP contribution is 2.41. The lowest BCUT2D eigenvalue weighted by Gasteiger charge is -2.16. The second-order valence-corrected chi connectivity index (χ2v) is 12.4. The molecule has 0 spiro atoms. The molecule has 0 fully saturated rings. The molecule has 0 aromatic heterocycles. The molecule has 0 saturated heterocycles. The molecule has 0 radical (unpaired) electrons. The van der Waals surface area contributed by atoms with Crippen molar-refractivity contribution in [2.24, 2.45) is 0 Å². The molecule has 0 aliphatic heterocycles. The molecule has 49 heavy (non-hydrogen) atoms. The summed E-state index contributed by atoms with van der Waals surface area (Å²) in [5, 5.41) is 10.3. The Morgan fingerprint density at radius 1 is 0.653 bits per heavy atom. The van der Waals surface area contributed by atoms with Gasteiger partial charge in [0, 0.05) is 5.56 Å². The van der Waals surface area contributed by atoms with Gasteiger partial charge in [-0.2, -0.15) is 0 Å². The van der Waals surface area contributed by atoms with Crippen molar-refractivity contribution in [2.45, 2.75) is 20.8 Å². The summed E-state index contributed by atoms with van der Waals surface area (Å²) in [7, 11) is 0. The summed E-state index contributed by atoms with van der Waals surface area (Å²) < 4.78 is 0. The van der Waals surface area contributed by atoms with Gasteiger partial charge in [0.2, 0.25) is 0 Å². The van der Waals surface area contributed by atoms with E-state index in [1.165, 1.54) is 70.9 Å². The van der Waals surface area contributed by atoms with Crippen LogP contribution in [0, 0.1) is 12.3 Å². The van der Waals surface area contributed by atoms with E-state index in [1.807, 2.05) is 19.1 Å². The molecule has 0 heterocycles. The van der Waals surface area contributed by atoms with Gasteiger partial charge in [-0.25, -0.2) is 0 Å². The van der Waals surface area contributed by atoms with Gasteiger partial charge in [0.25, 0.3) is 0 Å². The largest absolute Gasteiger partial charge is 0.115 e. The number of hydrogen-bond donors (Lipinski definition) is 0. The van der Waals surface area contributed by atoms with Crippen molar-refractivity contribution in [1.82, 2.24) is 0 Å². The predicted molar refractivity (Wildman–Crippen MR) is 216 cm³/mol. The predicted octanol–water partition coefficient (Wildman–Crippen LogP) is 13.5. The summed E-state index contributed by atoms with van der Waals surface area (Å²) in [5.41, 5.74) is 10.3. The highest BCUT2D eigenvalue weighted by Gasteiger charge is 2.14. The van der Waals surface area contributed by atoms with Crippen LogP contribution in [-0.2, 0) is 6.42 Å². The third-order valence-corrected chi connectivity index (χ3v) is 9.63. The first-order valence-electron chi connectivity index (χ1n) is 16.5. The minimum atomic E-state index is 0. The third-order valence-electron chi connectivity index (χ3n) is 9.63. The second kappa shape index (κ2) is 13.2. The van der Waals surface area contributed by atoms with Crippen LogP contribution in [0.25, 0.3) is 77.0 Å². The molecule has 0 atom stereocenters. The van der Waals surface area contributed by atoms with E-state index in [1.54, 1.807) is 0 Å². The van der Waals surface area contributed by atoms with Crippen LogP contribution in [0.15, 0.2) is 158 Å². The van der Waals surface area contributed by atoms with Gasteiger partial charge in [0.05, 0.1) is 0 Å². The molecule has 8 aromatic carbocycles. The number of rotatable bonds is 7. The van der Waals surface area contributed by atoms with Crippen molar-refractivity contribution in [3.05, 3.63) is 181 Å². The molecule has 0 unspecified atom stereocenters. The number of fused-ring (bicyclic) bond motifs is 1. The van der Waals surface area contributed by atoms with E-state index in [0.29, 0.717) is 0 Å². The van der Waals surface area contributed by atoms with Crippen LogP contribution in [0.4, 0.5) is 0 Å². The van der Waals surface area contributed by atoms with E-state index in [9.17, 15) is 0 Å². The van der Waals surface area contributed by atoms with E-state index in [0.717, 1.165) is 28.7 Å². The molecule has 8 rings (SSSR count). The Morgan fingerprint density at radius 2 is 1.33 bits per heavy atom. The minimum absolute atomic E-state index is 0. The molecule has 0 aliphatic carbocycles. The molecule has 0 bridgehead atoms. The Labute approximate surface area is 289 Å². The standard InChI is InChI=1S/C48H34.CH4/c1-4-10-40-31-41(24-17-33(40)5-2)34-18-20-37(21-19-34)44-28-25-39-26-29-45-36(22-23-38-27-30-46(44)48(39)47(38)45)13-8-11-32(3)42-16-9-14-35-12-6-7-15-43(35)42;/h2,4,6-12,14-31H,3,13H2,1H3;1H4/b10-4-,11-8-;. The fourth-order valence-electron chi connectivity index (χ4n) is 7.25. The molecule has 0 amide bonds. The fourth-order valence-corrected chi connectivity index (χ4v) is 7.25. The number of allylic oxidation sites excluding steroid dienone is 4. The number of hydrogen-bond acceptors (Lipinski definition) is 0. The number of terminal acetylenes is 1. The first kappa shape index (κ1) is 31.4. The van der Waals surface area contributed by atoms with Gasteiger partial charge in [-0.3, -0.25) is 0 Å². The molecule has 234 valence electrons. The average molecular weight is 627 g/mol. The summed E-state index contributed by atoms with van der Waals surface area (Å²) in [6, 6.07) is 48.4. The van der Waals surface area contributed by atoms with Crippen LogP contribution in [0.5, 0.6) is 0 Å². The van der Waals surface area contributed by atoms with E-state index in [2.05, 4.69) is 158 Å². The van der Waals surface area contributed by atoms with E-state index >= 15 is 0 Å². The summed E-state index contributed by atoms with van der Waals surface area (Å²) in [6.45, 7) is 6.43. The fraction of sp³-hybridized carbons (Fsp3) is 0.0612.